The lowest BCUT2D eigenvalue weighted by Crippen LogP contribution is -2.37. The van der Waals surface area contributed by atoms with Gasteiger partial charge in [-0.2, -0.15) is 0 Å². The van der Waals surface area contributed by atoms with E-state index in [-0.39, 0.29) is 17.7 Å². The van der Waals surface area contributed by atoms with E-state index in [1.165, 1.54) is 0 Å². The number of amides is 3. The van der Waals surface area contributed by atoms with Gasteiger partial charge in [-0.15, -0.1) is 0 Å². The van der Waals surface area contributed by atoms with Crippen molar-refractivity contribution in [3.63, 3.8) is 0 Å². The molecule has 1 saturated heterocycles. The molecule has 0 unspecified atom stereocenters. The Labute approximate surface area is 154 Å². The Morgan fingerprint density at radius 1 is 1.08 bits per heavy atom. The Bertz CT molecular complexity index is 716. The van der Waals surface area contributed by atoms with Gasteiger partial charge in [0, 0.05) is 50.9 Å². The molecule has 140 valence electrons. The maximum atomic E-state index is 12.9. The molecule has 6 nitrogen and oxygen atoms in total. The summed E-state index contributed by atoms with van der Waals surface area (Å²) in [5.41, 5.74) is 2.42. The number of hydrogen-bond acceptors (Lipinski definition) is 3. The molecule has 0 N–H and O–H groups in total. The molecule has 0 bridgehead atoms. The topological polar surface area (TPSA) is 60.9 Å². The Morgan fingerprint density at radius 3 is 2.58 bits per heavy atom. The molecule has 0 atom stereocenters. The maximum absolute atomic E-state index is 12.9. The van der Waals surface area contributed by atoms with Crippen LogP contribution in [-0.2, 0) is 16.0 Å². The Hall–Kier alpha value is -2.37. The number of carbonyl (C=O) groups is 3. The van der Waals surface area contributed by atoms with Crippen LogP contribution in [0.3, 0.4) is 0 Å². The van der Waals surface area contributed by atoms with Gasteiger partial charge in [0.15, 0.2) is 0 Å². The van der Waals surface area contributed by atoms with Crippen molar-refractivity contribution in [2.45, 2.75) is 39.0 Å². The number of unbranched alkanes of at least 4 members (excludes halogenated alkanes) is 1. The van der Waals surface area contributed by atoms with E-state index in [0.29, 0.717) is 38.0 Å². The van der Waals surface area contributed by atoms with Crippen molar-refractivity contribution in [3.8, 4) is 0 Å². The van der Waals surface area contributed by atoms with Crippen LogP contribution in [0.2, 0.25) is 0 Å². The van der Waals surface area contributed by atoms with Crippen LogP contribution in [0.15, 0.2) is 18.2 Å². The molecule has 0 radical (unpaired) electrons. The second-order valence-electron chi connectivity index (χ2n) is 7.10. The van der Waals surface area contributed by atoms with Gasteiger partial charge in [0.05, 0.1) is 6.42 Å². The highest BCUT2D eigenvalue weighted by Gasteiger charge is 2.27. The standard InChI is InChI=1S/C20H27N3O3/c1-3-4-6-18(24)22-9-5-10-23(12-11-22)20(26)15-7-8-17-16(13-15)14-19(25)21(17)2/h7-8,13H,3-6,9-12,14H2,1-2H3. The fourth-order valence-corrected chi connectivity index (χ4v) is 3.64. The number of hydrogen-bond donors (Lipinski definition) is 0. The first-order valence-corrected chi connectivity index (χ1v) is 9.47. The first-order valence-electron chi connectivity index (χ1n) is 9.47. The summed E-state index contributed by atoms with van der Waals surface area (Å²) in [6.07, 6.45) is 3.68. The molecule has 1 fully saturated rings. The molecular weight excluding hydrogens is 330 g/mol. The summed E-state index contributed by atoms with van der Waals surface area (Å²) in [7, 11) is 1.76. The van der Waals surface area contributed by atoms with Gasteiger partial charge in [-0.1, -0.05) is 13.3 Å². The van der Waals surface area contributed by atoms with Gasteiger partial charge in [0.1, 0.15) is 0 Å². The number of rotatable bonds is 4. The van der Waals surface area contributed by atoms with Crippen molar-refractivity contribution < 1.29 is 14.4 Å². The molecule has 3 amide bonds. The average molecular weight is 357 g/mol. The van der Waals surface area contributed by atoms with Crippen LogP contribution in [0.4, 0.5) is 5.69 Å². The van der Waals surface area contributed by atoms with Crippen molar-refractivity contribution in [3.05, 3.63) is 29.3 Å². The molecule has 0 spiro atoms. The fraction of sp³-hybridized carbons (Fsp3) is 0.550. The molecule has 0 saturated carbocycles. The summed E-state index contributed by atoms with van der Waals surface area (Å²) < 4.78 is 0. The number of anilines is 1. The smallest absolute Gasteiger partial charge is 0.253 e. The summed E-state index contributed by atoms with van der Waals surface area (Å²) in [5.74, 6) is 0.235. The van der Waals surface area contributed by atoms with Gasteiger partial charge in [-0.25, -0.2) is 0 Å². The van der Waals surface area contributed by atoms with Crippen LogP contribution in [-0.4, -0.2) is 60.7 Å². The predicted octanol–water partition coefficient (Wildman–Crippen LogP) is 2.07. The summed E-state index contributed by atoms with van der Waals surface area (Å²) >= 11 is 0. The molecule has 1 aromatic carbocycles. The van der Waals surface area contributed by atoms with Crippen molar-refractivity contribution in [2.24, 2.45) is 0 Å². The molecule has 3 rings (SSSR count). The quantitative estimate of drug-likeness (QED) is 0.829. The molecule has 0 aliphatic carbocycles. The van der Waals surface area contributed by atoms with Gasteiger partial charge in [-0.05, 0) is 36.6 Å². The molecule has 2 heterocycles. The van der Waals surface area contributed by atoms with Gasteiger partial charge < -0.3 is 14.7 Å². The Kier molecular flexibility index (Phi) is 5.59. The number of likely N-dealkylation sites (N-methyl/N-ethyl adjacent to an activating group) is 1. The van der Waals surface area contributed by atoms with Crippen molar-refractivity contribution in [1.29, 1.82) is 0 Å². The monoisotopic (exact) mass is 357 g/mol. The summed E-state index contributed by atoms with van der Waals surface area (Å²) in [6, 6.07) is 5.49. The lowest BCUT2D eigenvalue weighted by molar-refractivity contribution is -0.131. The molecule has 26 heavy (non-hydrogen) atoms. The minimum Gasteiger partial charge on any atom is -0.341 e. The van der Waals surface area contributed by atoms with E-state index in [1.807, 2.05) is 21.9 Å². The third-order valence-electron chi connectivity index (χ3n) is 5.28. The zero-order valence-electron chi connectivity index (χ0n) is 15.7. The maximum Gasteiger partial charge on any atom is 0.253 e. The highest BCUT2D eigenvalue weighted by molar-refractivity contribution is 6.03. The van der Waals surface area contributed by atoms with Crippen LogP contribution >= 0.6 is 0 Å². The van der Waals surface area contributed by atoms with E-state index >= 15 is 0 Å². The van der Waals surface area contributed by atoms with Crippen LogP contribution in [0.1, 0.15) is 48.5 Å². The zero-order valence-corrected chi connectivity index (χ0v) is 15.7. The summed E-state index contributed by atoms with van der Waals surface area (Å²) in [4.78, 5) is 42.3. The number of benzene rings is 1. The van der Waals surface area contributed by atoms with Crippen LogP contribution in [0.5, 0.6) is 0 Å². The molecular formula is C20H27N3O3. The van der Waals surface area contributed by atoms with Gasteiger partial charge in [0.2, 0.25) is 11.8 Å². The average Bonchev–Trinajstić information content (AvgIpc) is 2.82. The van der Waals surface area contributed by atoms with Crippen molar-refractivity contribution >= 4 is 23.4 Å². The minimum atomic E-state index is -0.0161. The third-order valence-corrected chi connectivity index (χ3v) is 5.28. The molecule has 2 aliphatic rings. The van der Waals surface area contributed by atoms with E-state index in [0.717, 1.165) is 37.1 Å². The number of fused-ring (bicyclic) bond motifs is 1. The van der Waals surface area contributed by atoms with E-state index in [4.69, 9.17) is 0 Å². The van der Waals surface area contributed by atoms with Crippen LogP contribution in [0.25, 0.3) is 0 Å². The molecule has 2 aliphatic heterocycles. The summed E-state index contributed by atoms with van der Waals surface area (Å²) in [5, 5.41) is 0. The Morgan fingerprint density at radius 2 is 1.81 bits per heavy atom. The second kappa shape index (κ2) is 7.89. The van der Waals surface area contributed by atoms with Gasteiger partial charge in [0.25, 0.3) is 5.91 Å². The van der Waals surface area contributed by atoms with E-state index in [1.54, 1.807) is 18.0 Å². The lowest BCUT2D eigenvalue weighted by Gasteiger charge is -2.22. The van der Waals surface area contributed by atoms with Crippen molar-refractivity contribution in [1.82, 2.24) is 9.80 Å². The van der Waals surface area contributed by atoms with E-state index in [2.05, 4.69) is 6.92 Å². The first kappa shape index (κ1) is 18.4. The van der Waals surface area contributed by atoms with Crippen LogP contribution in [0, 0.1) is 0 Å². The normalized spacial score (nSPS) is 17.3. The van der Waals surface area contributed by atoms with Gasteiger partial charge in [-0.3, -0.25) is 14.4 Å². The first-order chi connectivity index (χ1) is 12.5. The molecule has 6 heteroatoms. The zero-order chi connectivity index (χ0) is 18.7. The largest absolute Gasteiger partial charge is 0.341 e. The third kappa shape index (κ3) is 3.74. The Balaban J connectivity index is 1.65. The lowest BCUT2D eigenvalue weighted by atomic mass is 10.1. The molecule has 0 aromatic heterocycles. The predicted molar refractivity (Wildman–Crippen MR) is 100 cm³/mol. The second-order valence-corrected chi connectivity index (χ2v) is 7.10. The van der Waals surface area contributed by atoms with Crippen molar-refractivity contribution in [2.75, 3.05) is 38.1 Å². The highest BCUT2D eigenvalue weighted by atomic mass is 16.2. The van der Waals surface area contributed by atoms with E-state index in [9.17, 15) is 14.4 Å². The SMILES string of the molecule is CCCCC(=O)N1CCCN(C(=O)c2ccc3c(c2)CC(=O)N3C)CC1. The summed E-state index contributed by atoms with van der Waals surface area (Å²) in [6.45, 7) is 4.62. The fourth-order valence-electron chi connectivity index (χ4n) is 3.64. The number of nitrogens with zero attached hydrogens (tertiary/aromatic N) is 3. The van der Waals surface area contributed by atoms with Gasteiger partial charge >= 0.3 is 0 Å². The molecule has 1 aromatic rings. The van der Waals surface area contributed by atoms with Crippen LogP contribution < -0.4 is 4.90 Å². The number of carbonyl (C=O) groups excluding carboxylic acids is 3. The minimum absolute atomic E-state index is 0.0161. The van der Waals surface area contributed by atoms with E-state index < -0.39 is 0 Å². The highest BCUT2D eigenvalue weighted by Crippen LogP contribution is 2.28.